The van der Waals surface area contributed by atoms with E-state index in [1.165, 1.54) is 0 Å². The minimum absolute atomic E-state index is 0.0149. The smallest absolute Gasteiger partial charge is 0.260 e. The molecular formula is C26H29N3O3. The number of ether oxygens (including phenoxy) is 1. The first-order valence-corrected chi connectivity index (χ1v) is 11.0. The lowest BCUT2D eigenvalue weighted by atomic mass is 10.1. The third-order valence-corrected chi connectivity index (χ3v) is 5.94. The van der Waals surface area contributed by atoms with Gasteiger partial charge in [-0.25, -0.2) is 0 Å². The first kappa shape index (κ1) is 21.8. The van der Waals surface area contributed by atoms with Gasteiger partial charge in [-0.05, 0) is 36.4 Å². The van der Waals surface area contributed by atoms with E-state index in [1.807, 2.05) is 79.4 Å². The zero-order valence-corrected chi connectivity index (χ0v) is 18.6. The summed E-state index contributed by atoms with van der Waals surface area (Å²) >= 11 is 0. The summed E-state index contributed by atoms with van der Waals surface area (Å²) in [5.74, 6) is 0.664. The third-order valence-electron chi connectivity index (χ3n) is 5.94. The van der Waals surface area contributed by atoms with Crippen LogP contribution in [0.5, 0.6) is 5.75 Å². The Labute approximate surface area is 188 Å². The van der Waals surface area contributed by atoms with Gasteiger partial charge in [0, 0.05) is 37.3 Å². The highest BCUT2D eigenvalue weighted by molar-refractivity contribution is 5.93. The first-order chi connectivity index (χ1) is 15.5. The van der Waals surface area contributed by atoms with Crippen molar-refractivity contribution < 1.29 is 14.3 Å². The monoisotopic (exact) mass is 431 g/mol. The number of piperazine rings is 1. The van der Waals surface area contributed by atoms with Gasteiger partial charge in [0.1, 0.15) is 5.75 Å². The quantitative estimate of drug-likeness (QED) is 0.648. The summed E-state index contributed by atoms with van der Waals surface area (Å²) in [5.41, 5.74) is 3.00. The van der Waals surface area contributed by atoms with Crippen LogP contribution in [0.15, 0.2) is 60.7 Å². The van der Waals surface area contributed by atoms with Crippen molar-refractivity contribution in [3.05, 3.63) is 71.8 Å². The Morgan fingerprint density at radius 1 is 0.875 bits per heavy atom. The second-order valence-corrected chi connectivity index (χ2v) is 8.24. The number of carbonyl (C=O) groups excluding carboxylic acids is 2. The van der Waals surface area contributed by atoms with Gasteiger partial charge in [-0.1, -0.05) is 54.6 Å². The highest BCUT2D eigenvalue weighted by atomic mass is 16.5. The number of para-hydroxylation sites is 1. The van der Waals surface area contributed by atoms with Crippen molar-refractivity contribution >= 4 is 28.3 Å². The van der Waals surface area contributed by atoms with Crippen LogP contribution in [0.2, 0.25) is 0 Å². The Bertz CT molecular complexity index is 1090. The van der Waals surface area contributed by atoms with Gasteiger partial charge in [-0.3, -0.25) is 14.5 Å². The number of nitrogens with zero attached hydrogens (tertiary/aromatic N) is 2. The minimum Gasteiger partial charge on any atom is -0.483 e. The van der Waals surface area contributed by atoms with Gasteiger partial charge in [-0.15, -0.1) is 0 Å². The van der Waals surface area contributed by atoms with Gasteiger partial charge < -0.3 is 15.0 Å². The molecule has 0 spiro atoms. The molecule has 32 heavy (non-hydrogen) atoms. The number of carbonyl (C=O) groups is 2. The van der Waals surface area contributed by atoms with Crippen LogP contribution in [0.3, 0.4) is 0 Å². The molecule has 1 N–H and O–H groups in total. The van der Waals surface area contributed by atoms with Crippen LogP contribution in [0.4, 0.5) is 5.69 Å². The molecule has 3 aromatic carbocycles. The van der Waals surface area contributed by atoms with Gasteiger partial charge in [0.25, 0.3) is 5.91 Å². The van der Waals surface area contributed by atoms with E-state index >= 15 is 0 Å². The Kier molecular flexibility index (Phi) is 6.71. The summed E-state index contributed by atoms with van der Waals surface area (Å²) in [6.07, 6.45) is 0. The van der Waals surface area contributed by atoms with Gasteiger partial charge in [0.2, 0.25) is 5.91 Å². The molecule has 1 saturated heterocycles. The number of hydrogen-bond acceptors (Lipinski definition) is 4. The van der Waals surface area contributed by atoms with E-state index in [0.717, 1.165) is 33.3 Å². The lowest BCUT2D eigenvalue weighted by molar-refractivity contribution is -0.135. The predicted octanol–water partition coefficient (Wildman–Crippen LogP) is 3.62. The highest BCUT2D eigenvalue weighted by Gasteiger charge is 2.23. The molecule has 2 amide bonds. The molecule has 0 unspecified atom stereocenters. The summed E-state index contributed by atoms with van der Waals surface area (Å²) in [4.78, 5) is 29.1. The summed E-state index contributed by atoms with van der Waals surface area (Å²) in [6.45, 7) is 6.84. The zero-order valence-electron chi connectivity index (χ0n) is 18.6. The fourth-order valence-corrected chi connectivity index (χ4v) is 4.10. The van der Waals surface area contributed by atoms with E-state index in [1.54, 1.807) is 0 Å². The summed E-state index contributed by atoms with van der Waals surface area (Å²) in [7, 11) is 0. The fourth-order valence-electron chi connectivity index (χ4n) is 4.10. The molecule has 0 saturated carbocycles. The van der Waals surface area contributed by atoms with Crippen molar-refractivity contribution in [2.24, 2.45) is 0 Å². The van der Waals surface area contributed by atoms with E-state index in [0.29, 0.717) is 32.7 Å². The average Bonchev–Trinajstić information content (AvgIpc) is 2.80. The predicted molar refractivity (Wildman–Crippen MR) is 127 cm³/mol. The number of hydrogen-bond donors (Lipinski definition) is 1. The number of fused-ring (bicyclic) bond motifs is 1. The van der Waals surface area contributed by atoms with Crippen LogP contribution in [-0.2, 0) is 9.59 Å². The number of aryl methyl sites for hydroxylation is 2. The Hall–Kier alpha value is -3.38. The zero-order chi connectivity index (χ0) is 22.5. The molecule has 0 atom stereocenters. The Morgan fingerprint density at radius 3 is 2.28 bits per heavy atom. The largest absolute Gasteiger partial charge is 0.483 e. The number of rotatable bonds is 6. The molecule has 1 aliphatic rings. The Balaban J connectivity index is 1.25. The molecule has 3 aromatic rings. The molecule has 6 nitrogen and oxygen atoms in total. The minimum atomic E-state index is -0.0300. The summed E-state index contributed by atoms with van der Waals surface area (Å²) in [6, 6.07) is 19.8. The number of benzene rings is 3. The van der Waals surface area contributed by atoms with Crippen LogP contribution >= 0.6 is 0 Å². The molecule has 0 bridgehead atoms. The van der Waals surface area contributed by atoms with E-state index < -0.39 is 0 Å². The summed E-state index contributed by atoms with van der Waals surface area (Å²) in [5, 5.41) is 5.12. The van der Waals surface area contributed by atoms with Gasteiger partial charge in [0.05, 0.1) is 6.54 Å². The van der Waals surface area contributed by atoms with Gasteiger partial charge in [-0.2, -0.15) is 0 Å². The van der Waals surface area contributed by atoms with Gasteiger partial charge >= 0.3 is 0 Å². The van der Waals surface area contributed by atoms with Crippen LogP contribution in [0.25, 0.3) is 10.8 Å². The van der Waals surface area contributed by atoms with Crippen LogP contribution in [0.1, 0.15) is 11.1 Å². The standard InChI is InChI=1S/C26H29N3O3/c1-19-7-5-8-20(2)26(19)27-24(30)17-28-13-15-29(16-14-28)25(31)18-32-23-12-6-10-21-9-3-4-11-22(21)23/h3-12H,13-18H2,1-2H3,(H,27,30). The summed E-state index contributed by atoms with van der Waals surface area (Å²) < 4.78 is 5.85. The molecular weight excluding hydrogens is 402 g/mol. The van der Waals surface area contributed by atoms with Gasteiger partial charge in [0.15, 0.2) is 6.61 Å². The number of nitrogens with one attached hydrogen (secondary N) is 1. The van der Waals surface area contributed by atoms with Crippen molar-refractivity contribution in [3.8, 4) is 5.75 Å². The van der Waals surface area contributed by atoms with Crippen molar-refractivity contribution in [2.75, 3.05) is 44.6 Å². The second kappa shape index (κ2) is 9.83. The van der Waals surface area contributed by atoms with Crippen molar-refractivity contribution in [2.45, 2.75) is 13.8 Å². The van der Waals surface area contributed by atoms with Crippen molar-refractivity contribution in [3.63, 3.8) is 0 Å². The van der Waals surface area contributed by atoms with E-state index in [9.17, 15) is 9.59 Å². The molecule has 1 fully saturated rings. The van der Waals surface area contributed by atoms with Crippen molar-refractivity contribution in [1.82, 2.24) is 9.80 Å². The Morgan fingerprint density at radius 2 is 1.53 bits per heavy atom. The molecule has 1 aliphatic heterocycles. The molecule has 4 rings (SSSR count). The van der Waals surface area contributed by atoms with Crippen LogP contribution in [-0.4, -0.2) is 60.9 Å². The lowest BCUT2D eigenvalue weighted by Gasteiger charge is -2.34. The fraction of sp³-hybridized carbons (Fsp3) is 0.308. The third kappa shape index (κ3) is 5.08. The molecule has 0 aliphatic carbocycles. The molecule has 1 heterocycles. The maximum atomic E-state index is 12.7. The number of amides is 2. The normalized spacial score (nSPS) is 14.4. The molecule has 166 valence electrons. The SMILES string of the molecule is Cc1cccc(C)c1NC(=O)CN1CCN(C(=O)COc2cccc3ccccc23)CC1. The number of anilines is 1. The van der Waals surface area contributed by atoms with E-state index in [4.69, 9.17) is 4.74 Å². The topological polar surface area (TPSA) is 61.9 Å². The maximum Gasteiger partial charge on any atom is 0.260 e. The highest BCUT2D eigenvalue weighted by Crippen LogP contribution is 2.25. The van der Waals surface area contributed by atoms with Crippen LogP contribution < -0.4 is 10.1 Å². The molecule has 0 aromatic heterocycles. The van der Waals surface area contributed by atoms with E-state index in [2.05, 4.69) is 10.2 Å². The second-order valence-electron chi connectivity index (χ2n) is 8.24. The molecule has 0 radical (unpaired) electrons. The average molecular weight is 432 g/mol. The van der Waals surface area contributed by atoms with E-state index in [-0.39, 0.29) is 18.4 Å². The maximum absolute atomic E-state index is 12.7. The van der Waals surface area contributed by atoms with Crippen LogP contribution in [0, 0.1) is 13.8 Å². The first-order valence-electron chi connectivity index (χ1n) is 11.0. The molecule has 6 heteroatoms. The van der Waals surface area contributed by atoms with Crippen molar-refractivity contribution in [1.29, 1.82) is 0 Å². The lowest BCUT2D eigenvalue weighted by Crippen LogP contribution is -2.51.